The van der Waals surface area contributed by atoms with E-state index in [1.807, 2.05) is 42.5 Å². The summed E-state index contributed by atoms with van der Waals surface area (Å²) in [4.78, 5) is 0. The molecule has 108 valence electrons. The molecule has 0 saturated heterocycles. The molecule has 0 aliphatic carbocycles. The molecule has 0 unspecified atom stereocenters. The standard InChI is InChI=1S/C17H17ClN2O/c1-2-20-15(8-12-6-7-14(19)10-17(12)20)11-21-16-5-3-4-13(18)9-16/h3-10H,2,11,19H2,1H3. The summed E-state index contributed by atoms with van der Waals surface area (Å²) in [6, 6.07) is 15.5. The van der Waals surface area contributed by atoms with Gasteiger partial charge in [0.05, 0.1) is 11.2 Å². The van der Waals surface area contributed by atoms with Gasteiger partial charge in [0.1, 0.15) is 12.4 Å². The molecule has 1 aromatic heterocycles. The van der Waals surface area contributed by atoms with Gasteiger partial charge in [-0.3, -0.25) is 0 Å². The molecule has 0 atom stereocenters. The van der Waals surface area contributed by atoms with Gasteiger partial charge in [0, 0.05) is 22.6 Å². The van der Waals surface area contributed by atoms with E-state index in [0.29, 0.717) is 11.6 Å². The third-order valence-electron chi connectivity index (χ3n) is 3.51. The van der Waals surface area contributed by atoms with Gasteiger partial charge < -0.3 is 15.0 Å². The number of benzene rings is 2. The molecule has 0 radical (unpaired) electrons. The average Bonchev–Trinajstić information content (AvgIpc) is 2.82. The average molecular weight is 301 g/mol. The summed E-state index contributed by atoms with van der Waals surface area (Å²) in [6.07, 6.45) is 0. The zero-order chi connectivity index (χ0) is 14.8. The monoisotopic (exact) mass is 300 g/mol. The van der Waals surface area contributed by atoms with Crippen molar-refractivity contribution in [3.63, 3.8) is 0 Å². The van der Waals surface area contributed by atoms with Gasteiger partial charge in [-0.15, -0.1) is 0 Å². The highest BCUT2D eigenvalue weighted by atomic mass is 35.5. The fourth-order valence-corrected chi connectivity index (χ4v) is 2.72. The maximum absolute atomic E-state index is 5.97. The van der Waals surface area contributed by atoms with Crippen molar-refractivity contribution in [3.05, 3.63) is 59.2 Å². The quantitative estimate of drug-likeness (QED) is 0.722. The minimum absolute atomic E-state index is 0.503. The minimum Gasteiger partial charge on any atom is -0.487 e. The van der Waals surface area contributed by atoms with Crippen LogP contribution >= 0.6 is 11.6 Å². The van der Waals surface area contributed by atoms with E-state index in [9.17, 15) is 0 Å². The minimum atomic E-state index is 0.503. The Hall–Kier alpha value is -2.13. The summed E-state index contributed by atoms with van der Waals surface area (Å²) >= 11 is 5.97. The highest BCUT2D eigenvalue weighted by molar-refractivity contribution is 6.30. The van der Waals surface area contributed by atoms with Crippen LogP contribution in [0.3, 0.4) is 0 Å². The molecule has 0 aliphatic rings. The zero-order valence-electron chi connectivity index (χ0n) is 11.8. The Morgan fingerprint density at radius 3 is 2.76 bits per heavy atom. The van der Waals surface area contributed by atoms with Crippen molar-refractivity contribution in [3.8, 4) is 5.75 Å². The second kappa shape index (κ2) is 5.70. The molecule has 3 aromatic rings. The van der Waals surface area contributed by atoms with E-state index in [1.54, 1.807) is 0 Å². The predicted octanol–water partition coefficient (Wildman–Crippen LogP) is 4.48. The summed E-state index contributed by atoms with van der Waals surface area (Å²) in [6.45, 7) is 3.50. The third kappa shape index (κ3) is 2.83. The fourth-order valence-electron chi connectivity index (χ4n) is 2.54. The molecule has 0 amide bonds. The summed E-state index contributed by atoms with van der Waals surface area (Å²) < 4.78 is 8.06. The highest BCUT2D eigenvalue weighted by Crippen LogP contribution is 2.24. The van der Waals surface area contributed by atoms with E-state index in [-0.39, 0.29) is 0 Å². The molecule has 0 fully saturated rings. The molecule has 1 heterocycles. The van der Waals surface area contributed by atoms with Gasteiger partial charge in [0.2, 0.25) is 0 Å². The van der Waals surface area contributed by atoms with Crippen molar-refractivity contribution in [2.24, 2.45) is 0 Å². The summed E-state index contributed by atoms with van der Waals surface area (Å²) in [5, 5.41) is 1.85. The lowest BCUT2D eigenvalue weighted by atomic mass is 10.2. The van der Waals surface area contributed by atoms with Gasteiger partial charge in [0.25, 0.3) is 0 Å². The zero-order valence-corrected chi connectivity index (χ0v) is 12.6. The van der Waals surface area contributed by atoms with Crippen molar-refractivity contribution in [2.45, 2.75) is 20.1 Å². The number of hydrogen-bond donors (Lipinski definition) is 1. The van der Waals surface area contributed by atoms with Crippen LogP contribution in [0.4, 0.5) is 5.69 Å². The van der Waals surface area contributed by atoms with Gasteiger partial charge in [-0.1, -0.05) is 23.7 Å². The molecule has 3 nitrogen and oxygen atoms in total. The molecule has 2 aromatic carbocycles. The van der Waals surface area contributed by atoms with Gasteiger partial charge in [-0.25, -0.2) is 0 Å². The summed E-state index contributed by atoms with van der Waals surface area (Å²) in [5.41, 5.74) is 8.92. The van der Waals surface area contributed by atoms with E-state index in [0.717, 1.165) is 29.2 Å². The molecule has 21 heavy (non-hydrogen) atoms. The number of aromatic nitrogens is 1. The Morgan fingerprint density at radius 2 is 2.00 bits per heavy atom. The molecule has 0 bridgehead atoms. The molecule has 3 rings (SSSR count). The molecular formula is C17H17ClN2O. The van der Waals surface area contributed by atoms with Crippen LogP contribution in [0, 0.1) is 0 Å². The van der Waals surface area contributed by atoms with E-state index in [2.05, 4.69) is 17.6 Å². The fraction of sp³-hybridized carbons (Fsp3) is 0.176. The topological polar surface area (TPSA) is 40.2 Å². The number of nitrogen functional groups attached to an aromatic ring is 1. The largest absolute Gasteiger partial charge is 0.487 e. The smallest absolute Gasteiger partial charge is 0.128 e. The molecule has 0 spiro atoms. The Labute approximate surface area is 128 Å². The number of nitrogens with two attached hydrogens (primary N) is 1. The Morgan fingerprint density at radius 1 is 1.14 bits per heavy atom. The lowest BCUT2D eigenvalue weighted by Crippen LogP contribution is -2.04. The molecule has 0 saturated carbocycles. The van der Waals surface area contributed by atoms with Crippen molar-refractivity contribution in [2.75, 3.05) is 5.73 Å². The van der Waals surface area contributed by atoms with Gasteiger partial charge in [0.15, 0.2) is 0 Å². The Kier molecular flexibility index (Phi) is 3.76. The number of halogens is 1. The second-order valence-corrected chi connectivity index (χ2v) is 5.38. The highest BCUT2D eigenvalue weighted by Gasteiger charge is 2.08. The maximum atomic E-state index is 5.97. The second-order valence-electron chi connectivity index (χ2n) is 4.94. The molecule has 4 heteroatoms. The first-order valence-electron chi connectivity index (χ1n) is 6.93. The first kappa shape index (κ1) is 13.8. The normalized spacial score (nSPS) is 11.0. The predicted molar refractivity (Wildman–Crippen MR) is 87.8 cm³/mol. The van der Waals surface area contributed by atoms with Gasteiger partial charge >= 0.3 is 0 Å². The van der Waals surface area contributed by atoms with E-state index in [1.165, 1.54) is 5.39 Å². The van der Waals surface area contributed by atoms with E-state index in [4.69, 9.17) is 22.1 Å². The Bertz CT molecular complexity index is 780. The first-order valence-corrected chi connectivity index (χ1v) is 7.31. The number of ether oxygens (including phenoxy) is 1. The van der Waals surface area contributed by atoms with E-state index < -0.39 is 0 Å². The van der Waals surface area contributed by atoms with Crippen LogP contribution in [0.25, 0.3) is 10.9 Å². The number of aryl methyl sites for hydroxylation is 1. The summed E-state index contributed by atoms with van der Waals surface area (Å²) in [7, 11) is 0. The first-order chi connectivity index (χ1) is 10.2. The van der Waals surface area contributed by atoms with Gasteiger partial charge in [-0.05, 0) is 43.3 Å². The summed E-state index contributed by atoms with van der Waals surface area (Å²) in [5.74, 6) is 0.773. The number of hydrogen-bond acceptors (Lipinski definition) is 2. The van der Waals surface area contributed by atoms with Crippen LogP contribution in [0.1, 0.15) is 12.6 Å². The van der Waals surface area contributed by atoms with Crippen LogP contribution in [0.15, 0.2) is 48.5 Å². The number of rotatable bonds is 4. The maximum Gasteiger partial charge on any atom is 0.128 e. The van der Waals surface area contributed by atoms with Crippen LogP contribution in [0.5, 0.6) is 5.75 Å². The Balaban J connectivity index is 1.90. The lowest BCUT2D eigenvalue weighted by molar-refractivity contribution is 0.296. The molecule has 0 aliphatic heterocycles. The van der Waals surface area contributed by atoms with Crippen LogP contribution in [-0.4, -0.2) is 4.57 Å². The van der Waals surface area contributed by atoms with Crippen molar-refractivity contribution in [1.29, 1.82) is 0 Å². The van der Waals surface area contributed by atoms with Crippen LogP contribution in [0.2, 0.25) is 5.02 Å². The lowest BCUT2D eigenvalue weighted by Gasteiger charge is -2.10. The van der Waals surface area contributed by atoms with Crippen molar-refractivity contribution in [1.82, 2.24) is 4.57 Å². The van der Waals surface area contributed by atoms with Crippen LogP contribution in [-0.2, 0) is 13.2 Å². The third-order valence-corrected chi connectivity index (χ3v) is 3.75. The van der Waals surface area contributed by atoms with Crippen LogP contribution < -0.4 is 10.5 Å². The van der Waals surface area contributed by atoms with Crippen molar-refractivity contribution >= 4 is 28.2 Å². The number of nitrogens with zero attached hydrogens (tertiary/aromatic N) is 1. The molecule has 2 N–H and O–H groups in total. The van der Waals surface area contributed by atoms with E-state index >= 15 is 0 Å². The SMILES string of the molecule is CCn1c(COc2cccc(Cl)c2)cc2ccc(N)cc21. The van der Waals surface area contributed by atoms with Crippen molar-refractivity contribution < 1.29 is 4.74 Å². The molecular weight excluding hydrogens is 284 g/mol. The number of anilines is 1. The number of fused-ring (bicyclic) bond motifs is 1. The van der Waals surface area contributed by atoms with Gasteiger partial charge in [-0.2, -0.15) is 0 Å².